The lowest BCUT2D eigenvalue weighted by molar-refractivity contribution is -0.158. The van der Waals surface area contributed by atoms with Gasteiger partial charge in [-0.25, -0.2) is 9.59 Å². The topological polar surface area (TPSA) is 108 Å². The SMILES string of the molecule is CCOC(=O)C(C)(C)Oc1ccc(N2C(=O)C3(CCN(C(=O)Nc4ccccc4)CC3)C2c2ccc(-c3ccc(O)cc3)cc2)cc1. The summed E-state index contributed by atoms with van der Waals surface area (Å²) < 4.78 is 11.1. The molecule has 1 spiro atoms. The van der Waals surface area contributed by atoms with Gasteiger partial charge in [-0.15, -0.1) is 0 Å². The molecule has 2 heterocycles. The Morgan fingerprint density at radius 2 is 1.47 bits per heavy atom. The van der Waals surface area contributed by atoms with Crippen LogP contribution < -0.4 is 15.0 Å². The predicted octanol–water partition coefficient (Wildman–Crippen LogP) is 7.18. The summed E-state index contributed by atoms with van der Waals surface area (Å²) in [5.74, 6) is 0.264. The lowest BCUT2D eigenvalue weighted by Crippen LogP contribution is -2.67. The number of β-lactam (4-membered cyclic amide) rings is 1. The smallest absolute Gasteiger partial charge is 0.349 e. The molecule has 0 bridgehead atoms. The number of hydrogen-bond donors (Lipinski definition) is 2. The largest absolute Gasteiger partial charge is 0.508 e. The van der Waals surface area contributed by atoms with E-state index in [-0.39, 0.29) is 30.3 Å². The fourth-order valence-electron chi connectivity index (χ4n) is 6.54. The molecule has 47 heavy (non-hydrogen) atoms. The lowest BCUT2D eigenvalue weighted by Gasteiger charge is -2.59. The third-order valence-corrected chi connectivity index (χ3v) is 9.08. The first-order chi connectivity index (χ1) is 22.6. The quantitative estimate of drug-likeness (QED) is 0.157. The van der Waals surface area contributed by atoms with E-state index >= 15 is 0 Å². The Morgan fingerprint density at radius 3 is 2.06 bits per heavy atom. The van der Waals surface area contributed by atoms with E-state index in [1.807, 2.05) is 71.6 Å². The molecule has 2 aliphatic heterocycles. The molecule has 3 amide bonds. The Kier molecular flexibility index (Phi) is 8.64. The van der Waals surface area contributed by atoms with Crippen LogP contribution in [0.3, 0.4) is 0 Å². The van der Waals surface area contributed by atoms with Gasteiger partial charge in [-0.1, -0.05) is 54.6 Å². The third-order valence-electron chi connectivity index (χ3n) is 9.08. The van der Waals surface area contributed by atoms with Crippen molar-refractivity contribution in [2.75, 3.05) is 29.9 Å². The molecule has 6 rings (SSSR count). The van der Waals surface area contributed by atoms with Crippen LogP contribution in [-0.2, 0) is 14.3 Å². The molecule has 2 saturated heterocycles. The van der Waals surface area contributed by atoms with E-state index in [0.717, 1.165) is 28.1 Å². The van der Waals surface area contributed by atoms with E-state index in [2.05, 4.69) is 17.4 Å². The van der Waals surface area contributed by atoms with E-state index in [1.165, 1.54) is 0 Å². The second kappa shape index (κ2) is 12.8. The first-order valence-electron chi connectivity index (χ1n) is 15.9. The monoisotopic (exact) mass is 633 g/mol. The van der Waals surface area contributed by atoms with Crippen LogP contribution in [0, 0.1) is 5.41 Å². The number of carbonyl (C=O) groups excluding carboxylic acids is 3. The first-order valence-corrected chi connectivity index (χ1v) is 15.9. The molecule has 0 radical (unpaired) electrons. The fourth-order valence-corrected chi connectivity index (χ4v) is 6.54. The van der Waals surface area contributed by atoms with Gasteiger partial charge in [0, 0.05) is 24.5 Å². The maximum Gasteiger partial charge on any atom is 0.349 e. The van der Waals surface area contributed by atoms with E-state index in [0.29, 0.717) is 31.7 Å². The number of anilines is 2. The molecule has 1 atom stereocenters. The number of ether oxygens (including phenoxy) is 2. The second-order valence-electron chi connectivity index (χ2n) is 12.5. The molecule has 4 aromatic rings. The van der Waals surface area contributed by atoms with Crippen molar-refractivity contribution in [1.82, 2.24) is 4.90 Å². The van der Waals surface area contributed by atoms with Crippen molar-refractivity contribution in [3.8, 4) is 22.6 Å². The lowest BCUT2D eigenvalue weighted by atomic mass is 9.62. The van der Waals surface area contributed by atoms with Gasteiger partial charge in [-0.05, 0) is 98.8 Å². The average molecular weight is 634 g/mol. The molecular weight excluding hydrogens is 594 g/mol. The molecule has 0 saturated carbocycles. The van der Waals surface area contributed by atoms with Gasteiger partial charge < -0.3 is 29.7 Å². The van der Waals surface area contributed by atoms with Crippen LogP contribution in [0.15, 0.2) is 103 Å². The summed E-state index contributed by atoms with van der Waals surface area (Å²) in [4.78, 5) is 43.2. The maximum absolute atomic E-state index is 14.2. The minimum atomic E-state index is -1.17. The number of hydrogen-bond acceptors (Lipinski definition) is 6. The number of nitrogens with zero attached hydrogens (tertiary/aromatic N) is 2. The number of phenolic OH excluding ortho intramolecular Hbond substituents is 1. The van der Waals surface area contributed by atoms with Gasteiger partial charge in [0.1, 0.15) is 11.5 Å². The molecule has 0 aromatic heterocycles. The van der Waals surface area contributed by atoms with Crippen LogP contribution in [0.2, 0.25) is 0 Å². The van der Waals surface area contributed by atoms with Crippen LogP contribution in [0.1, 0.15) is 45.2 Å². The van der Waals surface area contributed by atoms with Gasteiger partial charge >= 0.3 is 12.0 Å². The number of piperidine rings is 1. The summed E-state index contributed by atoms with van der Waals surface area (Å²) in [7, 11) is 0. The highest BCUT2D eigenvalue weighted by molar-refractivity contribution is 6.06. The number of amides is 3. The molecule has 2 aliphatic rings. The van der Waals surface area contributed by atoms with Gasteiger partial charge in [0.05, 0.1) is 18.1 Å². The Balaban J connectivity index is 1.25. The highest BCUT2D eigenvalue weighted by Gasteiger charge is 2.62. The van der Waals surface area contributed by atoms with Crippen molar-refractivity contribution < 1.29 is 29.0 Å². The molecule has 1 unspecified atom stereocenters. The first kappa shape index (κ1) is 31.7. The van der Waals surface area contributed by atoms with Crippen molar-refractivity contribution in [2.45, 2.75) is 45.3 Å². The van der Waals surface area contributed by atoms with Gasteiger partial charge in [0.15, 0.2) is 5.60 Å². The number of urea groups is 1. The number of likely N-dealkylation sites (tertiary alicyclic amines) is 1. The Morgan fingerprint density at radius 1 is 0.872 bits per heavy atom. The third kappa shape index (κ3) is 6.25. The molecule has 242 valence electrons. The van der Waals surface area contributed by atoms with E-state index in [4.69, 9.17) is 9.47 Å². The van der Waals surface area contributed by atoms with Crippen LogP contribution in [0.4, 0.5) is 16.2 Å². The van der Waals surface area contributed by atoms with Crippen LogP contribution in [0.25, 0.3) is 11.1 Å². The summed E-state index contributed by atoms with van der Waals surface area (Å²) in [6, 6.07) is 31.4. The van der Waals surface area contributed by atoms with Crippen molar-refractivity contribution in [3.05, 3.63) is 109 Å². The standard InChI is InChI=1S/C38H39N3O6/c1-4-46-35(44)37(2,3)47-32-20-16-30(17-21-32)41-33(28-12-10-26(11-13-28)27-14-18-31(42)19-15-27)38(34(41)43)22-24-40(25-23-38)36(45)39-29-8-6-5-7-9-29/h5-21,33,42H,4,22-25H2,1-3H3,(H,39,45). The van der Waals surface area contributed by atoms with Gasteiger partial charge in [0.2, 0.25) is 5.91 Å². The number of para-hydroxylation sites is 1. The minimum Gasteiger partial charge on any atom is -0.508 e. The molecule has 2 N–H and O–H groups in total. The summed E-state index contributed by atoms with van der Waals surface area (Å²) >= 11 is 0. The van der Waals surface area contributed by atoms with E-state index in [9.17, 15) is 19.5 Å². The second-order valence-corrected chi connectivity index (χ2v) is 12.5. The number of carbonyl (C=O) groups is 3. The zero-order valence-electron chi connectivity index (χ0n) is 26.8. The number of esters is 1. The summed E-state index contributed by atoms with van der Waals surface area (Å²) in [6.45, 7) is 6.24. The molecule has 0 aliphatic carbocycles. The summed E-state index contributed by atoms with van der Waals surface area (Å²) in [5.41, 5.74) is 2.59. The Labute approximate surface area is 274 Å². The van der Waals surface area contributed by atoms with E-state index in [1.54, 1.807) is 49.9 Å². The molecule has 4 aromatic carbocycles. The highest BCUT2D eigenvalue weighted by atomic mass is 16.6. The number of aromatic hydroxyl groups is 1. The van der Waals surface area contributed by atoms with Gasteiger partial charge in [-0.3, -0.25) is 4.79 Å². The molecule has 9 nitrogen and oxygen atoms in total. The maximum atomic E-state index is 14.2. The minimum absolute atomic E-state index is 0.0220. The normalized spacial score (nSPS) is 17.2. The zero-order valence-corrected chi connectivity index (χ0v) is 26.8. The fraction of sp³-hybridized carbons (Fsp3) is 0.289. The zero-order chi connectivity index (χ0) is 33.2. The Bertz CT molecular complexity index is 1730. The van der Waals surface area contributed by atoms with Gasteiger partial charge in [0.25, 0.3) is 0 Å². The van der Waals surface area contributed by atoms with E-state index < -0.39 is 17.0 Å². The summed E-state index contributed by atoms with van der Waals surface area (Å²) in [6.07, 6.45) is 1.06. The Hall–Kier alpha value is -5.31. The molecular formula is C38H39N3O6. The number of phenols is 1. The van der Waals surface area contributed by atoms with Crippen molar-refractivity contribution >= 4 is 29.3 Å². The van der Waals surface area contributed by atoms with Crippen LogP contribution >= 0.6 is 0 Å². The van der Waals surface area contributed by atoms with Gasteiger partial charge in [-0.2, -0.15) is 0 Å². The predicted molar refractivity (Wildman–Crippen MR) is 180 cm³/mol. The highest BCUT2D eigenvalue weighted by Crippen LogP contribution is 2.57. The van der Waals surface area contributed by atoms with Crippen LogP contribution in [0.5, 0.6) is 11.5 Å². The van der Waals surface area contributed by atoms with Crippen LogP contribution in [-0.4, -0.2) is 53.2 Å². The van der Waals surface area contributed by atoms with Crippen molar-refractivity contribution in [1.29, 1.82) is 0 Å². The number of nitrogens with one attached hydrogen (secondary N) is 1. The summed E-state index contributed by atoms with van der Waals surface area (Å²) in [5, 5.41) is 12.7. The average Bonchev–Trinajstić information content (AvgIpc) is 3.08. The van der Waals surface area contributed by atoms with Crippen molar-refractivity contribution in [3.63, 3.8) is 0 Å². The molecule has 9 heteroatoms. The number of benzene rings is 4. The van der Waals surface area contributed by atoms with Crippen molar-refractivity contribution in [2.24, 2.45) is 5.41 Å². The number of rotatable bonds is 8. The molecule has 2 fully saturated rings.